The van der Waals surface area contributed by atoms with Gasteiger partial charge in [0.1, 0.15) is 5.82 Å². The highest BCUT2D eigenvalue weighted by Gasteiger charge is 2.28. The van der Waals surface area contributed by atoms with Gasteiger partial charge >= 0.3 is 0 Å². The molecule has 3 rings (SSSR count). The van der Waals surface area contributed by atoms with E-state index in [1.54, 1.807) is 23.1 Å². The molecule has 1 aromatic carbocycles. The Morgan fingerprint density at radius 1 is 1.24 bits per heavy atom. The highest BCUT2D eigenvalue weighted by atomic mass is 32.2. The molecule has 0 saturated carbocycles. The number of nitrogens with one attached hydrogen (secondary N) is 1. The minimum absolute atomic E-state index is 0.108. The lowest BCUT2D eigenvalue weighted by Crippen LogP contribution is -2.37. The third kappa shape index (κ3) is 3.69. The van der Waals surface area contributed by atoms with Crippen molar-refractivity contribution in [3.05, 3.63) is 24.0 Å². The molecule has 136 valence electrons. The first kappa shape index (κ1) is 17.9. The number of imidazole rings is 1. The molecule has 0 atom stereocenters. The first-order valence-corrected chi connectivity index (χ1v) is 10.1. The number of aromatic nitrogens is 2. The monoisotopic (exact) mass is 364 g/mol. The second kappa shape index (κ2) is 7.13. The summed E-state index contributed by atoms with van der Waals surface area (Å²) in [5.74, 6) is 0.862. The van der Waals surface area contributed by atoms with Crippen molar-refractivity contribution in [1.29, 1.82) is 0 Å². The molecule has 0 radical (unpaired) electrons. The molecule has 2 aromatic rings. The number of aryl methyl sites for hydroxylation is 1. The summed E-state index contributed by atoms with van der Waals surface area (Å²) < 4.78 is 27.4. The summed E-state index contributed by atoms with van der Waals surface area (Å²) >= 11 is 0. The van der Waals surface area contributed by atoms with Crippen molar-refractivity contribution in [2.75, 3.05) is 26.2 Å². The van der Waals surface area contributed by atoms with Gasteiger partial charge in [0.2, 0.25) is 15.9 Å². The molecule has 8 heteroatoms. The van der Waals surface area contributed by atoms with Crippen LogP contribution in [0.3, 0.4) is 0 Å². The molecule has 0 aliphatic carbocycles. The lowest BCUT2D eigenvalue weighted by atomic mass is 10.3. The van der Waals surface area contributed by atoms with Crippen LogP contribution in [-0.2, 0) is 14.8 Å². The second-order valence-corrected chi connectivity index (χ2v) is 8.33. The number of nitrogens with zero attached hydrogens (tertiary/aromatic N) is 3. The minimum Gasteiger partial charge on any atom is -0.342 e. The molecule has 1 aromatic heterocycles. The highest BCUT2D eigenvalue weighted by molar-refractivity contribution is 7.89. The molecule has 1 amide bonds. The van der Waals surface area contributed by atoms with E-state index in [4.69, 9.17) is 0 Å². The summed E-state index contributed by atoms with van der Waals surface area (Å²) in [6.45, 7) is 5.63. The average Bonchev–Trinajstić information content (AvgIpc) is 2.78. The van der Waals surface area contributed by atoms with Gasteiger partial charge in [-0.15, -0.1) is 0 Å². The van der Waals surface area contributed by atoms with Crippen LogP contribution in [0.2, 0.25) is 0 Å². The topological polar surface area (TPSA) is 86.4 Å². The number of carbonyl (C=O) groups is 1. The zero-order valence-electron chi connectivity index (χ0n) is 14.7. The first-order valence-electron chi connectivity index (χ1n) is 8.66. The van der Waals surface area contributed by atoms with Crippen molar-refractivity contribution in [3.63, 3.8) is 0 Å². The van der Waals surface area contributed by atoms with E-state index in [2.05, 4.69) is 9.97 Å². The zero-order chi connectivity index (χ0) is 18.0. The van der Waals surface area contributed by atoms with Crippen molar-refractivity contribution in [2.24, 2.45) is 0 Å². The largest absolute Gasteiger partial charge is 0.342 e. The van der Waals surface area contributed by atoms with Crippen LogP contribution in [0.5, 0.6) is 0 Å². The number of carbonyl (C=O) groups excluding carboxylic acids is 1. The number of hydrogen-bond acceptors (Lipinski definition) is 4. The van der Waals surface area contributed by atoms with Crippen molar-refractivity contribution in [3.8, 4) is 0 Å². The minimum atomic E-state index is -3.58. The fourth-order valence-electron chi connectivity index (χ4n) is 3.18. The third-order valence-electron chi connectivity index (χ3n) is 4.48. The van der Waals surface area contributed by atoms with E-state index < -0.39 is 10.0 Å². The van der Waals surface area contributed by atoms with E-state index in [1.807, 2.05) is 13.8 Å². The molecule has 1 aliphatic heterocycles. The number of fused-ring (bicyclic) bond motifs is 1. The predicted octanol–water partition coefficient (Wildman–Crippen LogP) is 1.89. The number of H-pyrrole nitrogens is 1. The third-order valence-corrected chi connectivity index (χ3v) is 6.38. The molecular formula is C17H24N4O3S. The van der Waals surface area contributed by atoms with Crippen LogP contribution in [0.25, 0.3) is 11.0 Å². The average molecular weight is 364 g/mol. The highest BCUT2D eigenvalue weighted by Crippen LogP contribution is 2.22. The van der Waals surface area contributed by atoms with Crippen molar-refractivity contribution in [2.45, 2.75) is 38.0 Å². The Balaban J connectivity index is 1.80. The standard InChI is InChI=1S/C17H24N4O3S/c1-3-5-17(22)20-8-4-9-21(11-10-20)25(23,24)14-6-7-15-16(12-14)19-13(2)18-15/h6-7,12H,3-5,8-11H2,1-2H3,(H,18,19). The van der Waals surface area contributed by atoms with E-state index in [-0.39, 0.29) is 10.8 Å². The number of benzene rings is 1. The van der Waals surface area contributed by atoms with Gasteiger partial charge in [-0.1, -0.05) is 6.92 Å². The van der Waals surface area contributed by atoms with Crippen LogP contribution in [0.4, 0.5) is 0 Å². The molecule has 2 heterocycles. The summed E-state index contributed by atoms with van der Waals surface area (Å²) in [6.07, 6.45) is 1.98. The van der Waals surface area contributed by atoms with Crippen molar-refractivity contribution >= 4 is 27.0 Å². The Kier molecular flexibility index (Phi) is 5.10. The van der Waals surface area contributed by atoms with Gasteiger partial charge in [-0.3, -0.25) is 4.79 Å². The van der Waals surface area contributed by atoms with E-state index in [0.717, 1.165) is 17.8 Å². The maximum atomic E-state index is 13.0. The quantitative estimate of drug-likeness (QED) is 0.898. The number of sulfonamides is 1. The lowest BCUT2D eigenvalue weighted by molar-refractivity contribution is -0.131. The van der Waals surface area contributed by atoms with E-state index in [1.165, 1.54) is 4.31 Å². The fourth-order valence-corrected chi connectivity index (χ4v) is 4.68. The van der Waals surface area contributed by atoms with Gasteiger partial charge in [-0.2, -0.15) is 4.31 Å². The Bertz CT molecular complexity index is 875. The van der Waals surface area contributed by atoms with Crippen LogP contribution < -0.4 is 0 Å². The smallest absolute Gasteiger partial charge is 0.243 e. The van der Waals surface area contributed by atoms with Gasteiger partial charge < -0.3 is 9.88 Å². The first-order chi connectivity index (χ1) is 11.9. The Morgan fingerprint density at radius 3 is 2.80 bits per heavy atom. The molecule has 0 bridgehead atoms. The molecular weight excluding hydrogens is 340 g/mol. The molecule has 0 unspecified atom stereocenters. The Morgan fingerprint density at radius 2 is 2.04 bits per heavy atom. The van der Waals surface area contributed by atoms with Crippen LogP contribution in [0, 0.1) is 6.92 Å². The maximum Gasteiger partial charge on any atom is 0.243 e. The predicted molar refractivity (Wildman–Crippen MR) is 95.7 cm³/mol. The number of rotatable bonds is 4. The van der Waals surface area contributed by atoms with Gasteiger partial charge in [0.25, 0.3) is 0 Å². The summed E-state index contributed by atoms with van der Waals surface area (Å²) in [4.78, 5) is 21.5. The van der Waals surface area contributed by atoms with Gasteiger partial charge in [-0.25, -0.2) is 13.4 Å². The molecule has 7 nitrogen and oxygen atoms in total. The van der Waals surface area contributed by atoms with Gasteiger partial charge in [-0.05, 0) is 38.0 Å². The lowest BCUT2D eigenvalue weighted by Gasteiger charge is -2.22. The number of amides is 1. The van der Waals surface area contributed by atoms with Gasteiger partial charge in [0, 0.05) is 32.6 Å². The molecule has 1 N–H and O–H groups in total. The molecule has 1 saturated heterocycles. The summed E-state index contributed by atoms with van der Waals surface area (Å²) in [5.41, 5.74) is 1.47. The summed E-state index contributed by atoms with van der Waals surface area (Å²) in [6, 6.07) is 4.96. The molecule has 25 heavy (non-hydrogen) atoms. The van der Waals surface area contributed by atoms with E-state index in [9.17, 15) is 13.2 Å². The van der Waals surface area contributed by atoms with E-state index >= 15 is 0 Å². The summed E-state index contributed by atoms with van der Waals surface area (Å²) in [5, 5.41) is 0. The van der Waals surface area contributed by atoms with E-state index in [0.29, 0.717) is 44.5 Å². The van der Waals surface area contributed by atoms with Gasteiger partial charge in [0.05, 0.1) is 15.9 Å². The Labute approximate surface area is 148 Å². The summed E-state index contributed by atoms with van der Waals surface area (Å²) in [7, 11) is -3.58. The second-order valence-electron chi connectivity index (χ2n) is 6.39. The molecule has 0 spiro atoms. The molecule has 1 fully saturated rings. The Hall–Kier alpha value is -1.93. The molecule has 1 aliphatic rings. The maximum absolute atomic E-state index is 13.0. The fraction of sp³-hybridized carbons (Fsp3) is 0.529. The van der Waals surface area contributed by atoms with Crippen LogP contribution in [0.1, 0.15) is 32.0 Å². The SMILES string of the molecule is CCCC(=O)N1CCCN(S(=O)(=O)c2ccc3nc(C)[nH]c3c2)CC1. The number of aromatic amines is 1. The van der Waals surface area contributed by atoms with Crippen LogP contribution >= 0.6 is 0 Å². The zero-order valence-corrected chi connectivity index (χ0v) is 15.5. The van der Waals surface area contributed by atoms with Crippen LogP contribution in [0.15, 0.2) is 23.1 Å². The van der Waals surface area contributed by atoms with Crippen molar-refractivity contribution < 1.29 is 13.2 Å². The van der Waals surface area contributed by atoms with Crippen LogP contribution in [-0.4, -0.2) is 59.7 Å². The normalized spacial score (nSPS) is 17.0. The van der Waals surface area contributed by atoms with Gasteiger partial charge in [0.15, 0.2) is 0 Å². The van der Waals surface area contributed by atoms with Crippen molar-refractivity contribution in [1.82, 2.24) is 19.2 Å². The number of hydrogen-bond donors (Lipinski definition) is 1.